The molecule has 1 amide bonds. The Morgan fingerprint density at radius 2 is 1.83 bits per heavy atom. The van der Waals surface area contributed by atoms with Gasteiger partial charge in [0, 0.05) is 18.0 Å². The molecule has 1 atom stereocenters. The van der Waals surface area contributed by atoms with Gasteiger partial charge in [0.25, 0.3) is 5.91 Å². The van der Waals surface area contributed by atoms with Gasteiger partial charge in [-0.05, 0) is 55.8 Å². The fourth-order valence-corrected chi connectivity index (χ4v) is 3.80. The van der Waals surface area contributed by atoms with Crippen LogP contribution in [0.15, 0.2) is 73.1 Å². The number of aryl methyl sites for hydroxylation is 1. The highest BCUT2D eigenvalue weighted by atomic mass is 32.1. The number of benzene rings is 1. The van der Waals surface area contributed by atoms with Crippen molar-refractivity contribution < 1.29 is 4.79 Å². The number of rotatable bonds is 6. The number of carbonyl (C=O) groups excluding carboxylic acids is 1. The van der Waals surface area contributed by atoms with Crippen molar-refractivity contribution in [2.24, 2.45) is 0 Å². The van der Waals surface area contributed by atoms with Gasteiger partial charge in [0.05, 0.1) is 16.6 Å². The average molecular weight is 416 g/mol. The Hall–Kier alpha value is -3.58. The lowest BCUT2D eigenvalue weighted by atomic mass is 10.2. The fourth-order valence-electron chi connectivity index (χ4n) is 2.91. The molecule has 6 nitrogen and oxygen atoms in total. The summed E-state index contributed by atoms with van der Waals surface area (Å²) in [4.78, 5) is 26.8. The molecule has 0 aliphatic heterocycles. The van der Waals surface area contributed by atoms with Crippen LogP contribution < -0.4 is 10.6 Å². The molecule has 2 N–H and O–H groups in total. The summed E-state index contributed by atoms with van der Waals surface area (Å²) in [6, 6.07) is 18.7. The maximum Gasteiger partial charge on any atom is 0.251 e. The van der Waals surface area contributed by atoms with Crippen LogP contribution in [0.5, 0.6) is 0 Å². The van der Waals surface area contributed by atoms with E-state index in [-0.39, 0.29) is 11.9 Å². The molecule has 4 aromatic rings. The largest absolute Gasteiger partial charge is 0.343 e. The van der Waals surface area contributed by atoms with Gasteiger partial charge in [0.2, 0.25) is 0 Å². The van der Waals surface area contributed by atoms with Crippen LogP contribution in [0.4, 0.5) is 11.6 Å². The van der Waals surface area contributed by atoms with E-state index in [0.29, 0.717) is 11.4 Å². The van der Waals surface area contributed by atoms with Gasteiger partial charge >= 0.3 is 0 Å². The fraction of sp³-hybridized carbons (Fsp3) is 0.130. The Bertz CT molecular complexity index is 1160. The van der Waals surface area contributed by atoms with Gasteiger partial charge in [-0.1, -0.05) is 24.3 Å². The minimum atomic E-state index is -0.200. The van der Waals surface area contributed by atoms with E-state index in [2.05, 4.69) is 25.6 Å². The van der Waals surface area contributed by atoms with E-state index in [9.17, 15) is 4.79 Å². The third kappa shape index (κ3) is 4.69. The standard InChI is InChI=1S/C23H21N5OS/c1-15-11-12-24-21(13-15)28-20-10-6-9-18(27-20)19-14-25-23(30-19)16(2)26-22(29)17-7-4-3-5-8-17/h3-14,16H,1-2H3,(H,26,29)(H,24,27,28). The third-order valence-electron chi connectivity index (χ3n) is 4.45. The molecule has 3 heterocycles. The molecule has 150 valence electrons. The molecule has 0 bridgehead atoms. The van der Waals surface area contributed by atoms with Crippen molar-refractivity contribution in [2.45, 2.75) is 19.9 Å². The first kappa shape index (κ1) is 19.7. The van der Waals surface area contributed by atoms with Crippen molar-refractivity contribution in [1.29, 1.82) is 0 Å². The summed E-state index contributed by atoms with van der Waals surface area (Å²) in [6.07, 6.45) is 3.56. The summed E-state index contributed by atoms with van der Waals surface area (Å²) < 4.78 is 0. The Labute approximate surface area is 179 Å². The topological polar surface area (TPSA) is 79.8 Å². The number of aromatic nitrogens is 3. The number of anilines is 2. The van der Waals surface area contributed by atoms with Gasteiger partial charge in [-0.15, -0.1) is 11.3 Å². The zero-order valence-corrected chi connectivity index (χ0v) is 17.5. The maximum atomic E-state index is 12.4. The van der Waals surface area contributed by atoms with Crippen molar-refractivity contribution in [3.63, 3.8) is 0 Å². The van der Waals surface area contributed by atoms with Crippen LogP contribution in [0.25, 0.3) is 10.6 Å². The minimum Gasteiger partial charge on any atom is -0.343 e. The molecule has 0 spiro atoms. The van der Waals surface area contributed by atoms with Crippen molar-refractivity contribution >= 4 is 28.9 Å². The molecule has 0 radical (unpaired) electrons. The number of thiazole rings is 1. The van der Waals surface area contributed by atoms with Gasteiger partial charge in [0.1, 0.15) is 16.6 Å². The Balaban J connectivity index is 1.47. The maximum absolute atomic E-state index is 12.4. The van der Waals surface area contributed by atoms with Crippen LogP contribution in [0.2, 0.25) is 0 Å². The van der Waals surface area contributed by atoms with Crippen LogP contribution in [0.3, 0.4) is 0 Å². The van der Waals surface area contributed by atoms with Gasteiger partial charge in [-0.3, -0.25) is 4.79 Å². The first-order valence-corrected chi connectivity index (χ1v) is 10.4. The lowest BCUT2D eigenvalue weighted by Gasteiger charge is -2.11. The van der Waals surface area contributed by atoms with Gasteiger partial charge in [-0.25, -0.2) is 15.0 Å². The third-order valence-corrected chi connectivity index (χ3v) is 5.65. The summed E-state index contributed by atoms with van der Waals surface area (Å²) in [6.45, 7) is 3.95. The molecule has 0 aliphatic carbocycles. The Morgan fingerprint density at radius 1 is 1.00 bits per heavy atom. The number of pyridine rings is 2. The van der Waals surface area contributed by atoms with Crippen LogP contribution in [-0.4, -0.2) is 20.9 Å². The highest BCUT2D eigenvalue weighted by Gasteiger charge is 2.15. The molecule has 3 aromatic heterocycles. The molecule has 30 heavy (non-hydrogen) atoms. The van der Waals surface area contributed by atoms with E-state index >= 15 is 0 Å². The van der Waals surface area contributed by atoms with Crippen LogP contribution in [0, 0.1) is 6.92 Å². The predicted octanol–water partition coefficient (Wildman–Crippen LogP) is 5.14. The normalized spacial score (nSPS) is 11.7. The zero-order valence-electron chi connectivity index (χ0n) is 16.7. The predicted molar refractivity (Wildman–Crippen MR) is 120 cm³/mol. The molecule has 1 aromatic carbocycles. The number of amides is 1. The second kappa shape index (κ2) is 8.84. The van der Waals surface area contributed by atoms with Gasteiger partial charge < -0.3 is 10.6 Å². The van der Waals surface area contributed by atoms with Crippen molar-refractivity contribution in [3.8, 4) is 10.6 Å². The first-order valence-electron chi connectivity index (χ1n) is 9.57. The highest BCUT2D eigenvalue weighted by Crippen LogP contribution is 2.29. The SMILES string of the molecule is Cc1ccnc(Nc2cccc(-c3cnc(C(C)NC(=O)c4ccccc4)s3)n2)c1. The molecule has 7 heteroatoms. The van der Waals surface area contributed by atoms with E-state index < -0.39 is 0 Å². The minimum absolute atomic E-state index is 0.116. The summed E-state index contributed by atoms with van der Waals surface area (Å²) in [5.41, 5.74) is 2.58. The smallest absolute Gasteiger partial charge is 0.251 e. The van der Waals surface area contributed by atoms with Crippen molar-refractivity contribution in [2.75, 3.05) is 5.32 Å². The van der Waals surface area contributed by atoms with Crippen LogP contribution in [0.1, 0.15) is 33.9 Å². The summed E-state index contributed by atoms with van der Waals surface area (Å²) in [5, 5.41) is 7.06. The van der Waals surface area contributed by atoms with Crippen molar-refractivity contribution in [1.82, 2.24) is 20.3 Å². The summed E-state index contributed by atoms with van der Waals surface area (Å²) in [5.74, 6) is 1.35. The molecule has 0 saturated heterocycles. The van der Waals surface area contributed by atoms with Gasteiger partial charge in [-0.2, -0.15) is 0 Å². The number of carbonyl (C=O) groups is 1. The van der Waals surface area contributed by atoms with E-state index in [0.717, 1.165) is 27.0 Å². The Morgan fingerprint density at radius 3 is 2.63 bits per heavy atom. The number of hydrogen-bond donors (Lipinski definition) is 2. The molecule has 0 fully saturated rings. The van der Waals surface area contributed by atoms with Crippen molar-refractivity contribution in [3.05, 3.63) is 89.2 Å². The van der Waals surface area contributed by atoms with E-state index in [1.54, 1.807) is 24.5 Å². The zero-order chi connectivity index (χ0) is 20.9. The number of hydrogen-bond acceptors (Lipinski definition) is 6. The monoisotopic (exact) mass is 415 g/mol. The lowest BCUT2D eigenvalue weighted by molar-refractivity contribution is 0.0940. The lowest BCUT2D eigenvalue weighted by Crippen LogP contribution is -2.26. The molecule has 1 unspecified atom stereocenters. The van der Waals surface area contributed by atoms with E-state index in [1.807, 2.05) is 62.4 Å². The second-order valence-electron chi connectivity index (χ2n) is 6.88. The van der Waals surface area contributed by atoms with Crippen LogP contribution >= 0.6 is 11.3 Å². The molecule has 0 saturated carbocycles. The average Bonchev–Trinajstić information content (AvgIpc) is 3.25. The molecule has 4 rings (SSSR count). The summed E-state index contributed by atoms with van der Waals surface area (Å²) >= 11 is 1.52. The van der Waals surface area contributed by atoms with E-state index in [1.165, 1.54) is 11.3 Å². The molecular formula is C23H21N5OS. The van der Waals surface area contributed by atoms with E-state index in [4.69, 9.17) is 0 Å². The summed E-state index contributed by atoms with van der Waals surface area (Å²) in [7, 11) is 0. The molecule has 0 aliphatic rings. The quantitative estimate of drug-likeness (QED) is 0.456. The second-order valence-corrected chi connectivity index (χ2v) is 7.94. The highest BCUT2D eigenvalue weighted by molar-refractivity contribution is 7.15. The van der Waals surface area contributed by atoms with Crippen LogP contribution in [-0.2, 0) is 0 Å². The number of nitrogens with zero attached hydrogens (tertiary/aromatic N) is 3. The Kier molecular flexibility index (Phi) is 5.81. The van der Waals surface area contributed by atoms with Gasteiger partial charge in [0.15, 0.2) is 0 Å². The number of nitrogens with one attached hydrogen (secondary N) is 2. The molecular weight excluding hydrogens is 394 g/mol. The first-order chi connectivity index (χ1) is 14.6.